The number of nitrogens with zero attached hydrogens (tertiary/aromatic N) is 1. The molecule has 1 fully saturated rings. The number of rotatable bonds is 4. The first-order valence-corrected chi connectivity index (χ1v) is 5.62. The van der Waals surface area contributed by atoms with Crippen LogP contribution in [0.4, 0.5) is 9.18 Å². The van der Waals surface area contributed by atoms with Gasteiger partial charge in [0, 0.05) is 12.1 Å². The summed E-state index contributed by atoms with van der Waals surface area (Å²) >= 11 is 0. The molecule has 92 valence electrons. The highest BCUT2D eigenvalue weighted by Gasteiger charge is 2.33. The molecule has 0 saturated carbocycles. The van der Waals surface area contributed by atoms with E-state index in [1.54, 1.807) is 23.1 Å². The molecule has 1 aliphatic rings. The fourth-order valence-electron chi connectivity index (χ4n) is 1.87. The molecule has 5 heteroatoms. The molecule has 2 rings (SSSR count). The van der Waals surface area contributed by atoms with Gasteiger partial charge in [-0.25, -0.2) is 9.18 Å². The Kier molecular flexibility index (Phi) is 3.58. The van der Waals surface area contributed by atoms with E-state index in [1.165, 1.54) is 6.07 Å². The van der Waals surface area contributed by atoms with Crippen LogP contribution in [0.25, 0.3) is 0 Å². The Morgan fingerprint density at radius 3 is 2.94 bits per heavy atom. The molecule has 0 bridgehead atoms. The van der Waals surface area contributed by atoms with Crippen LogP contribution in [-0.2, 0) is 4.74 Å². The van der Waals surface area contributed by atoms with Crippen LogP contribution in [0, 0.1) is 5.82 Å². The van der Waals surface area contributed by atoms with Gasteiger partial charge in [0.2, 0.25) is 0 Å². The molecule has 1 saturated heterocycles. The van der Waals surface area contributed by atoms with Gasteiger partial charge in [-0.05, 0) is 19.0 Å². The number of hydrogen-bond acceptors (Lipinski definition) is 3. The van der Waals surface area contributed by atoms with Crippen LogP contribution in [0.2, 0.25) is 0 Å². The third-order valence-electron chi connectivity index (χ3n) is 2.77. The fourth-order valence-corrected chi connectivity index (χ4v) is 1.87. The van der Waals surface area contributed by atoms with Crippen LogP contribution in [0.3, 0.4) is 0 Å². The van der Waals surface area contributed by atoms with E-state index in [9.17, 15) is 9.18 Å². The van der Waals surface area contributed by atoms with Crippen molar-refractivity contribution in [1.29, 1.82) is 0 Å². The van der Waals surface area contributed by atoms with Gasteiger partial charge in [0.15, 0.2) is 0 Å². The smallest absolute Gasteiger partial charge is 0.410 e. The number of carbonyl (C=O) groups excluding carboxylic acids is 1. The van der Waals surface area contributed by atoms with Crippen molar-refractivity contribution in [3.8, 4) is 0 Å². The molecule has 4 nitrogen and oxygen atoms in total. The lowest BCUT2D eigenvalue weighted by atomic mass is 10.1. The van der Waals surface area contributed by atoms with Crippen LogP contribution >= 0.6 is 0 Å². The normalized spacial score (nSPS) is 19.5. The number of amides is 1. The molecule has 1 unspecified atom stereocenters. The number of carbonyl (C=O) groups is 1. The van der Waals surface area contributed by atoms with Crippen molar-refractivity contribution in [2.24, 2.45) is 5.73 Å². The third kappa shape index (κ3) is 2.55. The van der Waals surface area contributed by atoms with Crippen molar-refractivity contribution in [1.82, 2.24) is 4.90 Å². The maximum atomic E-state index is 13.5. The quantitative estimate of drug-likeness (QED) is 0.868. The zero-order valence-electron chi connectivity index (χ0n) is 9.43. The van der Waals surface area contributed by atoms with Crippen LogP contribution < -0.4 is 5.73 Å². The Labute approximate surface area is 99.2 Å². The number of cyclic esters (lactones) is 1. The van der Waals surface area contributed by atoms with Crippen molar-refractivity contribution in [3.05, 3.63) is 35.6 Å². The lowest BCUT2D eigenvalue weighted by Crippen LogP contribution is -2.27. The van der Waals surface area contributed by atoms with Crippen LogP contribution in [-0.4, -0.2) is 30.6 Å². The first-order valence-electron chi connectivity index (χ1n) is 5.62. The second kappa shape index (κ2) is 5.14. The first-order chi connectivity index (χ1) is 8.22. The largest absolute Gasteiger partial charge is 0.439 e. The number of benzene rings is 1. The molecule has 1 amide bonds. The average molecular weight is 238 g/mol. The molecule has 0 spiro atoms. The summed E-state index contributed by atoms with van der Waals surface area (Å²) in [5, 5.41) is 0. The molecule has 2 N–H and O–H groups in total. The van der Waals surface area contributed by atoms with Crippen molar-refractivity contribution in [3.63, 3.8) is 0 Å². The molecule has 0 aliphatic carbocycles. The molecular formula is C12H15FN2O2. The number of ether oxygens (including phenoxy) is 1. The van der Waals surface area contributed by atoms with E-state index in [4.69, 9.17) is 10.5 Å². The minimum absolute atomic E-state index is 0.342. The van der Waals surface area contributed by atoms with Gasteiger partial charge < -0.3 is 15.4 Å². The molecule has 1 atom stereocenters. The van der Waals surface area contributed by atoms with Gasteiger partial charge in [0.25, 0.3) is 0 Å². The van der Waals surface area contributed by atoms with Crippen molar-refractivity contribution >= 4 is 6.09 Å². The Balaban J connectivity index is 2.06. The number of nitrogens with two attached hydrogens (primary N) is 1. The molecule has 1 aromatic rings. The van der Waals surface area contributed by atoms with E-state index in [0.29, 0.717) is 25.2 Å². The fraction of sp³-hybridized carbons (Fsp3) is 0.417. The zero-order chi connectivity index (χ0) is 12.3. The Hall–Kier alpha value is -1.62. The maximum Gasteiger partial charge on any atom is 0.410 e. The van der Waals surface area contributed by atoms with E-state index in [0.717, 1.165) is 6.42 Å². The van der Waals surface area contributed by atoms with E-state index in [1.807, 2.05) is 0 Å². The second-order valence-electron chi connectivity index (χ2n) is 3.98. The predicted molar refractivity (Wildman–Crippen MR) is 60.9 cm³/mol. The monoisotopic (exact) mass is 238 g/mol. The highest BCUT2D eigenvalue weighted by molar-refractivity contribution is 5.70. The Morgan fingerprint density at radius 1 is 1.47 bits per heavy atom. The molecule has 1 aromatic carbocycles. The lowest BCUT2D eigenvalue weighted by Gasteiger charge is -2.11. The van der Waals surface area contributed by atoms with E-state index in [-0.39, 0.29) is 5.82 Å². The van der Waals surface area contributed by atoms with Gasteiger partial charge in [0.1, 0.15) is 11.9 Å². The van der Waals surface area contributed by atoms with Gasteiger partial charge in [0.05, 0.1) is 6.54 Å². The number of halogens is 1. The molecule has 1 aliphatic heterocycles. The van der Waals surface area contributed by atoms with Crippen molar-refractivity contribution in [2.45, 2.75) is 12.5 Å². The Morgan fingerprint density at radius 2 is 2.24 bits per heavy atom. The van der Waals surface area contributed by atoms with Crippen LogP contribution in [0.1, 0.15) is 18.1 Å². The first kappa shape index (κ1) is 11.9. The van der Waals surface area contributed by atoms with Crippen LogP contribution in [0.15, 0.2) is 24.3 Å². The summed E-state index contributed by atoms with van der Waals surface area (Å²) in [6.07, 6.45) is -0.188. The van der Waals surface area contributed by atoms with Crippen molar-refractivity contribution in [2.75, 3.05) is 19.6 Å². The lowest BCUT2D eigenvalue weighted by molar-refractivity contribution is 0.131. The molecule has 0 aromatic heterocycles. The summed E-state index contributed by atoms with van der Waals surface area (Å²) in [6, 6.07) is 6.35. The second-order valence-corrected chi connectivity index (χ2v) is 3.98. The van der Waals surface area contributed by atoms with E-state index in [2.05, 4.69) is 0 Å². The van der Waals surface area contributed by atoms with Crippen molar-refractivity contribution < 1.29 is 13.9 Å². The zero-order valence-corrected chi connectivity index (χ0v) is 9.43. The average Bonchev–Trinajstić information content (AvgIpc) is 2.68. The van der Waals surface area contributed by atoms with Gasteiger partial charge >= 0.3 is 6.09 Å². The summed E-state index contributed by atoms with van der Waals surface area (Å²) in [5.74, 6) is -0.342. The van der Waals surface area contributed by atoms with Gasteiger partial charge in [-0.2, -0.15) is 0 Å². The van der Waals surface area contributed by atoms with E-state index >= 15 is 0 Å². The number of hydrogen-bond donors (Lipinski definition) is 1. The van der Waals surface area contributed by atoms with E-state index < -0.39 is 12.2 Å². The maximum absolute atomic E-state index is 13.5. The summed E-state index contributed by atoms with van der Waals surface area (Å²) in [6.45, 7) is 1.47. The minimum Gasteiger partial charge on any atom is -0.439 e. The SMILES string of the molecule is NCCCN1CC(c2ccccc2F)OC1=O. The molecular weight excluding hydrogens is 223 g/mol. The van der Waals surface area contributed by atoms with Gasteiger partial charge in [-0.3, -0.25) is 0 Å². The standard InChI is InChI=1S/C12H15FN2O2/c13-10-5-2-1-4-9(10)11-8-15(7-3-6-14)12(16)17-11/h1-2,4-5,11H,3,6-8,14H2. The topological polar surface area (TPSA) is 55.6 Å². The molecule has 17 heavy (non-hydrogen) atoms. The molecule has 0 radical (unpaired) electrons. The third-order valence-corrected chi connectivity index (χ3v) is 2.77. The highest BCUT2D eigenvalue weighted by atomic mass is 19.1. The van der Waals surface area contributed by atoms with Gasteiger partial charge in [-0.15, -0.1) is 0 Å². The summed E-state index contributed by atoms with van der Waals surface area (Å²) in [7, 11) is 0. The Bertz CT molecular complexity index is 411. The van der Waals surface area contributed by atoms with Crippen LogP contribution in [0.5, 0.6) is 0 Å². The summed E-state index contributed by atoms with van der Waals surface area (Å²) < 4.78 is 18.7. The minimum atomic E-state index is -0.513. The molecule has 1 heterocycles. The summed E-state index contributed by atoms with van der Waals surface area (Å²) in [4.78, 5) is 13.1. The summed E-state index contributed by atoms with van der Waals surface area (Å²) in [5.41, 5.74) is 5.81. The van der Waals surface area contributed by atoms with Gasteiger partial charge in [-0.1, -0.05) is 18.2 Å². The predicted octanol–water partition coefficient (Wildman–Crippen LogP) is 1.67. The highest BCUT2D eigenvalue weighted by Crippen LogP contribution is 2.27.